The molecule has 1 saturated heterocycles. The molecule has 1 fully saturated rings. The number of piperidine rings is 1. The second-order valence-electron chi connectivity index (χ2n) is 5.62. The maximum Gasteiger partial charge on any atom is 0.00732 e. The highest BCUT2D eigenvalue weighted by atomic mass is 14.9. The number of fused-ring (bicyclic) bond motifs is 1. The smallest absolute Gasteiger partial charge is 0.00732 e. The Morgan fingerprint density at radius 1 is 1.25 bits per heavy atom. The Kier molecular flexibility index (Phi) is 2.72. The molecule has 1 aliphatic heterocycles. The van der Waals surface area contributed by atoms with Crippen molar-refractivity contribution in [1.82, 2.24) is 5.32 Å². The fourth-order valence-corrected chi connectivity index (χ4v) is 3.18. The number of benzene rings is 1. The van der Waals surface area contributed by atoms with Gasteiger partial charge in [-0.3, -0.25) is 0 Å². The number of hydrogen-bond acceptors (Lipinski definition) is 1. The summed E-state index contributed by atoms with van der Waals surface area (Å²) in [6, 6.07) is 9.71. The van der Waals surface area contributed by atoms with Crippen LogP contribution in [0.4, 0.5) is 0 Å². The zero-order chi connectivity index (χ0) is 11.0. The molecular formula is C15H21N. The van der Waals surface area contributed by atoms with Gasteiger partial charge in [0.05, 0.1) is 0 Å². The monoisotopic (exact) mass is 215 g/mol. The van der Waals surface area contributed by atoms with Crippen LogP contribution in [-0.2, 0) is 6.42 Å². The summed E-state index contributed by atoms with van der Waals surface area (Å²) in [6.07, 6.45) is 5.44. The Hall–Kier alpha value is -0.820. The standard InChI is InChI=1S/C15H21N/c1-11-6-7-14(16-10-11)9-13-8-12-4-2-3-5-15(12)13/h2-5,11,13-14,16H,6-10H2,1H3. The second-order valence-corrected chi connectivity index (χ2v) is 5.62. The van der Waals surface area contributed by atoms with Crippen molar-refractivity contribution >= 4 is 0 Å². The first-order chi connectivity index (χ1) is 7.83. The average Bonchev–Trinajstić information content (AvgIpc) is 2.28. The quantitative estimate of drug-likeness (QED) is 0.799. The van der Waals surface area contributed by atoms with Crippen LogP contribution >= 0.6 is 0 Å². The average molecular weight is 215 g/mol. The van der Waals surface area contributed by atoms with Crippen LogP contribution < -0.4 is 5.32 Å². The number of rotatable bonds is 2. The van der Waals surface area contributed by atoms with Crippen LogP contribution in [0.1, 0.15) is 43.2 Å². The predicted octanol–water partition coefficient (Wildman–Crippen LogP) is 3.10. The van der Waals surface area contributed by atoms with Crippen molar-refractivity contribution in [1.29, 1.82) is 0 Å². The summed E-state index contributed by atoms with van der Waals surface area (Å²) >= 11 is 0. The molecule has 3 rings (SSSR count). The van der Waals surface area contributed by atoms with E-state index in [0.717, 1.165) is 17.9 Å². The topological polar surface area (TPSA) is 12.0 Å². The summed E-state index contributed by atoms with van der Waals surface area (Å²) in [4.78, 5) is 0. The van der Waals surface area contributed by atoms with Gasteiger partial charge in [-0.05, 0) is 55.2 Å². The van der Waals surface area contributed by atoms with Crippen LogP contribution in [0, 0.1) is 5.92 Å². The number of hydrogen-bond donors (Lipinski definition) is 1. The molecule has 0 bridgehead atoms. The molecule has 1 aromatic carbocycles. The molecule has 1 heterocycles. The maximum absolute atomic E-state index is 3.70. The fourth-order valence-electron chi connectivity index (χ4n) is 3.18. The van der Waals surface area contributed by atoms with Crippen LogP contribution in [0.3, 0.4) is 0 Å². The van der Waals surface area contributed by atoms with Crippen LogP contribution in [0.5, 0.6) is 0 Å². The normalized spacial score (nSPS) is 32.9. The lowest BCUT2D eigenvalue weighted by atomic mass is 9.73. The SMILES string of the molecule is CC1CCC(CC2Cc3ccccc32)NC1. The van der Waals surface area contributed by atoms with Crippen molar-refractivity contribution in [2.24, 2.45) is 5.92 Å². The highest BCUT2D eigenvalue weighted by Crippen LogP contribution is 2.38. The van der Waals surface area contributed by atoms with Gasteiger partial charge in [-0.25, -0.2) is 0 Å². The molecule has 1 aromatic rings. The minimum atomic E-state index is 0.773. The van der Waals surface area contributed by atoms with Gasteiger partial charge in [-0.15, -0.1) is 0 Å². The Bertz CT molecular complexity index is 363. The molecule has 0 spiro atoms. The Morgan fingerprint density at radius 2 is 2.12 bits per heavy atom. The molecule has 0 radical (unpaired) electrons. The molecule has 16 heavy (non-hydrogen) atoms. The largest absolute Gasteiger partial charge is 0.314 e. The first kappa shape index (κ1) is 10.3. The van der Waals surface area contributed by atoms with E-state index in [-0.39, 0.29) is 0 Å². The van der Waals surface area contributed by atoms with Gasteiger partial charge in [0, 0.05) is 6.04 Å². The second kappa shape index (κ2) is 4.21. The zero-order valence-corrected chi connectivity index (χ0v) is 10.1. The van der Waals surface area contributed by atoms with Gasteiger partial charge >= 0.3 is 0 Å². The van der Waals surface area contributed by atoms with Gasteiger partial charge in [0.1, 0.15) is 0 Å². The molecule has 3 atom stereocenters. The molecule has 1 nitrogen and oxygen atoms in total. The Balaban J connectivity index is 1.58. The van der Waals surface area contributed by atoms with E-state index in [0.29, 0.717) is 0 Å². The van der Waals surface area contributed by atoms with Crippen molar-refractivity contribution in [3.63, 3.8) is 0 Å². The minimum absolute atomic E-state index is 0.773. The van der Waals surface area contributed by atoms with E-state index in [2.05, 4.69) is 36.5 Å². The lowest BCUT2D eigenvalue weighted by Crippen LogP contribution is -2.40. The van der Waals surface area contributed by atoms with Crippen molar-refractivity contribution in [3.05, 3.63) is 35.4 Å². The van der Waals surface area contributed by atoms with E-state index in [1.165, 1.54) is 32.2 Å². The van der Waals surface area contributed by atoms with E-state index < -0.39 is 0 Å². The molecule has 1 N–H and O–H groups in total. The van der Waals surface area contributed by atoms with Crippen molar-refractivity contribution in [2.45, 2.75) is 44.6 Å². The lowest BCUT2D eigenvalue weighted by Gasteiger charge is -2.36. The van der Waals surface area contributed by atoms with Crippen LogP contribution in [0.2, 0.25) is 0 Å². The summed E-state index contributed by atoms with van der Waals surface area (Å²) in [5.74, 6) is 1.71. The van der Waals surface area contributed by atoms with Gasteiger partial charge < -0.3 is 5.32 Å². The molecule has 0 aromatic heterocycles. The van der Waals surface area contributed by atoms with Crippen LogP contribution in [0.25, 0.3) is 0 Å². The molecular weight excluding hydrogens is 194 g/mol. The van der Waals surface area contributed by atoms with E-state index in [9.17, 15) is 0 Å². The molecule has 2 aliphatic rings. The number of nitrogens with one attached hydrogen (secondary N) is 1. The van der Waals surface area contributed by atoms with E-state index in [1.807, 2.05) is 0 Å². The van der Waals surface area contributed by atoms with E-state index >= 15 is 0 Å². The lowest BCUT2D eigenvalue weighted by molar-refractivity contribution is 0.296. The van der Waals surface area contributed by atoms with Gasteiger partial charge in [-0.1, -0.05) is 31.2 Å². The van der Waals surface area contributed by atoms with Crippen molar-refractivity contribution in [3.8, 4) is 0 Å². The molecule has 0 amide bonds. The molecule has 1 aliphatic carbocycles. The highest BCUT2D eigenvalue weighted by Gasteiger charge is 2.29. The molecule has 1 heteroatoms. The highest BCUT2D eigenvalue weighted by molar-refractivity contribution is 5.39. The maximum atomic E-state index is 3.70. The Morgan fingerprint density at radius 3 is 2.88 bits per heavy atom. The van der Waals surface area contributed by atoms with Crippen LogP contribution in [0.15, 0.2) is 24.3 Å². The third-order valence-electron chi connectivity index (χ3n) is 4.29. The zero-order valence-electron chi connectivity index (χ0n) is 10.1. The van der Waals surface area contributed by atoms with Crippen LogP contribution in [-0.4, -0.2) is 12.6 Å². The Labute approximate surface area is 98.3 Å². The minimum Gasteiger partial charge on any atom is -0.314 e. The fraction of sp³-hybridized carbons (Fsp3) is 0.600. The van der Waals surface area contributed by atoms with Gasteiger partial charge in [0.25, 0.3) is 0 Å². The van der Waals surface area contributed by atoms with Gasteiger partial charge in [0.15, 0.2) is 0 Å². The summed E-state index contributed by atoms with van der Waals surface area (Å²) in [5, 5.41) is 3.70. The summed E-state index contributed by atoms with van der Waals surface area (Å²) in [5.41, 5.74) is 3.19. The molecule has 3 unspecified atom stereocenters. The summed E-state index contributed by atoms with van der Waals surface area (Å²) in [7, 11) is 0. The third-order valence-corrected chi connectivity index (χ3v) is 4.29. The van der Waals surface area contributed by atoms with Crippen molar-refractivity contribution in [2.75, 3.05) is 6.54 Å². The predicted molar refractivity (Wildman–Crippen MR) is 67.7 cm³/mol. The van der Waals surface area contributed by atoms with Crippen molar-refractivity contribution < 1.29 is 0 Å². The summed E-state index contributed by atoms with van der Waals surface area (Å²) < 4.78 is 0. The molecule has 86 valence electrons. The first-order valence-corrected chi connectivity index (χ1v) is 6.64. The third kappa shape index (κ3) is 1.89. The van der Waals surface area contributed by atoms with Gasteiger partial charge in [0.2, 0.25) is 0 Å². The summed E-state index contributed by atoms with van der Waals surface area (Å²) in [6.45, 7) is 3.57. The first-order valence-electron chi connectivity index (χ1n) is 6.64. The van der Waals surface area contributed by atoms with E-state index in [4.69, 9.17) is 0 Å². The molecule has 0 saturated carbocycles. The van der Waals surface area contributed by atoms with Gasteiger partial charge in [-0.2, -0.15) is 0 Å². The van der Waals surface area contributed by atoms with E-state index in [1.54, 1.807) is 11.1 Å².